The highest BCUT2D eigenvalue weighted by molar-refractivity contribution is 7.89. The van der Waals surface area contributed by atoms with E-state index in [9.17, 15) is 18.0 Å². The highest BCUT2D eigenvalue weighted by Gasteiger charge is 2.26. The number of nitriles is 1. The zero-order valence-corrected chi connectivity index (χ0v) is 24.3. The molecule has 0 aliphatic carbocycles. The molecule has 1 aromatic heterocycles. The van der Waals surface area contributed by atoms with Crippen LogP contribution in [0.5, 0.6) is 0 Å². The number of sulfonamides is 1. The molecule has 0 spiro atoms. The van der Waals surface area contributed by atoms with Gasteiger partial charge in [-0.3, -0.25) is 15.0 Å². The largest absolute Gasteiger partial charge is 0.444 e. The molecule has 1 aliphatic rings. The first-order chi connectivity index (χ1) is 18.9. The predicted molar refractivity (Wildman–Crippen MR) is 153 cm³/mol. The summed E-state index contributed by atoms with van der Waals surface area (Å²) >= 11 is 1.36. The number of piperazine rings is 1. The van der Waals surface area contributed by atoms with Crippen LogP contribution in [-0.2, 0) is 21.3 Å². The van der Waals surface area contributed by atoms with E-state index in [1.807, 2.05) is 39.0 Å². The van der Waals surface area contributed by atoms with E-state index in [2.05, 4.69) is 26.0 Å². The fraction of sp³-hybridized carbons (Fsp3) is 0.407. The zero-order chi connectivity index (χ0) is 28.9. The van der Waals surface area contributed by atoms with E-state index >= 15 is 0 Å². The van der Waals surface area contributed by atoms with E-state index in [1.165, 1.54) is 35.6 Å². The number of ether oxygens (including phenoxy) is 1. The molecule has 11 nitrogen and oxygen atoms in total. The molecule has 2 N–H and O–H groups in total. The summed E-state index contributed by atoms with van der Waals surface area (Å²) in [5.41, 5.74) is 1.66. The lowest BCUT2D eigenvalue weighted by atomic mass is 10.2. The summed E-state index contributed by atoms with van der Waals surface area (Å²) in [6.07, 6.45) is -0.214. The molecule has 0 unspecified atom stereocenters. The molecule has 0 bridgehead atoms. The lowest BCUT2D eigenvalue weighted by molar-refractivity contribution is 0.0139. The van der Waals surface area contributed by atoms with Crippen LogP contribution in [0.4, 0.5) is 9.93 Å². The molecular formula is C27H32N6O5S2. The minimum Gasteiger partial charge on any atom is -0.444 e. The van der Waals surface area contributed by atoms with Crippen molar-refractivity contribution in [3.05, 3.63) is 53.6 Å². The number of carbonyl (C=O) groups excluding carboxylic acids is 2. The number of fused-ring (bicyclic) bond motifs is 1. The molecule has 0 saturated carbocycles. The Labute approximate surface area is 237 Å². The Morgan fingerprint density at radius 3 is 2.45 bits per heavy atom. The molecule has 40 heavy (non-hydrogen) atoms. The number of anilines is 1. The first kappa shape index (κ1) is 29.4. The van der Waals surface area contributed by atoms with Crippen molar-refractivity contribution in [1.82, 2.24) is 19.5 Å². The monoisotopic (exact) mass is 584 g/mol. The number of nitrogens with zero attached hydrogens (tertiary/aromatic N) is 4. The molecule has 1 fully saturated rings. The van der Waals surface area contributed by atoms with Crippen LogP contribution in [-0.4, -0.2) is 73.5 Å². The molecule has 13 heteroatoms. The van der Waals surface area contributed by atoms with Crippen LogP contribution < -0.4 is 10.0 Å². The minimum absolute atomic E-state index is 0.0146. The van der Waals surface area contributed by atoms with Gasteiger partial charge in [-0.25, -0.2) is 22.9 Å². The van der Waals surface area contributed by atoms with Gasteiger partial charge < -0.3 is 9.64 Å². The van der Waals surface area contributed by atoms with Crippen LogP contribution in [0.25, 0.3) is 10.2 Å². The molecular weight excluding hydrogens is 552 g/mol. The first-order valence-electron chi connectivity index (χ1n) is 12.8. The third kappa shape index (κ3) is 7.76. The summed E-state index contributed by atoms with van der Waals surface area (Å²) in [6, 6.07) is 13.4. The van der Waals surface area contributed by atoms with E-state index in [1.54, 1.807) is 4.90 Å². The fourth-order valence-electron chi connectivity index (χ4n) is 4.07. The average molecular weight is 585 g/mol. The summed E-state index contributed by atoms with van der Waals surface area (Å²) in [7, 11) is -3.75. The molecule has 2 aromatic carbocycles. The number of rotatable bonds is 8. The van der Waals surface area contributed by atoms with Crippen LogP contribution in [0.1, 0.15) is 43.1 Å². The first-order valence-corrected chi connectivity index (χ1v) is 15.1. The van der Waals surface area contributed by atoms with Crippen LogP contribution in [0, 0.1) is 11.3 Å². The highest BCUT2D eigenvalue weighted by atomic mass is 32.2. The number of hydrogen-bond donors (Lipinski definition) is 2. The lowest BCUT2D eigenvalue weighted by Gasteiger charge is -2.35. The van der Waals surface area contributed by atoms with Gasteiger partial charge in [-0.15, -0.1) is 0 Å². The topological polar surface area (TPSA) is 145 Å². The maximum absolute atomic E-state index is 12.8. The number of amides is 2. The van der Waals surface area contributed by atoms with E-state index in [0.717, 1.165) is 35.4 Å². The van der Waals surface area contributed by atoms with Crippen molar-refractivity contribution in [2.45, 2.75) is 44.2 Å². The Morgan fingerprint density at radius 1 is 1.10 bits per heavy atom. The van der Waals surface area contributed by atoms with Crippen molar-refractivity contribution in [2.75, 3.05) is 38.0 Å². The quantitative estimate of drug-likeness (QED) is 0.381. The molecule has 212 valence electrons. The number of thiazole rings is 1. The molecule has 2 amide bonds. The third-order valence-corrected chi connectivity index (χ3v) is 8.47. The molecule has 3 aromatic rings. The molecule has 0 atom stereocenters. The van der Waals surface area contributed by atoms with Gasteiger partial charge in [0, 0.05) is 51.3 Å². The van der Waals surface area contributed by atoms with Gasteiger partial charge in [0.25, 0.3) is 5.91 Å². The average Bonchev–Trinajstić information content (AvgIpc) is 3.29. The Balaban J connectivity index is 1.33. The van der Waals surface area contributed by atoms with Crippen molar-refractivity contribution in [3.63, 3.8) is 0 Å². The maximum atomic E-state index is 12.8. The Bertz CT molecular complexity index is 1520. The second-order valence-corrected chi connectivity index (χ2v) is 13.1. The second kappa shape index (κ2) is 12.3. The second-order valence-electron chi connectivity index (χ2n) is 10.3. The molecule has 1 aliphatic heterocycles. The van der Waals surface area contributed by atoms with E-state index < -0.39 is 21.5 Å². The van der Waals surface area contributed by atoms with Crippen molar-refractivity contribution >= 4 is 48.7 Å². The van der Waals surface area contributed by atoms with Crippen LogP contribution in [0.3, 0.4) is 0 Å². The Morgan fingerprint density at radius 2 is 1.80 bits per heavy atom. The van der Waals surface area contributed by atoms with E-state index in [4.69, 9.17) is 10.00 Å². The molecule has 4 rings (SSSR count). The fourth-order valence-corrected chi connectivity index (χ4v) is 6.03. The number of hydrogen-bond acceptors (Lipinski definition) is 9. The summed E-state index contributed by atoms with van der Waals surface area (Å²) in [5, 5.41) is 11.8. The molecule has 1 saturated heterocycles. The number of carbonyl (C=O) groups is 2. The number of aromatic nitrogens is 1. The van der Waals surface area contributed by atoms with Crippen LogP contribution >= 0.6 is 11.3 Å². The van der Waals surface area contributed by atoms with Gasteiger partial charge in [-0.2, -0.15) is 5.26 Å². The Hall–Kier alpha value is -3.57. The lowest BCUT2D eigenvalue weighted by Crippen LogP contribution is -2.49. The van der Waals surface area contributed by atoms with Crippen molar-refractivity contribution in [2.24, 2.45) is 0 Å². The summed E-state index contributed by atoms with van der Waals surface area (Å²) in [6.45, 7) is 9.05. The third-order valence-electron chi connectivity index (χ3n) is 6.06. The SMILES string of the molecule is CC(C)(C)OC(=O)N1CCN(Cc2ccc3nc(NC(=O)c4ccc(S(=O)(=O)NCCC#N)cc4)sc3c2)CC1. The predicted octanol–water partition coefficient (Wildman–Crippen LogP) is 3.79. The van der Waals surface area contributed by atoms with Gasteiger partial charge in [0.1, 0.15) is 5.60 Å². The number of benzene rings is 2. The van der Waals surface area contributed by atoms with Gasteiger partial charge >= 0.3 is 6.09 Å². The smallest absolute Gasteiger partial charge is 0.410 e. The minimum atomic E-state index is -3.75. The van der Waals surface area contributed by atoms with Gasteiger partial charge in [0.15, 0.2) is 5.13 Å². The van der Waals surface area contributed by atoms with Crippen LogP contribution in [0.2, 0.25) is 0 Å². The van der Waals surface area contributed by atoms with Crippen LogP contribution in [0.15, 0.2) is 47.4 Å². The molecule has 2 heterocycles. The van der Waals surface area contributed by atoms with Crippen molar-refractivity contribution in [1.29, 1.82) is 5.26 Å². The van der Waals surface area contributed by atoms with Gasteiger partial charge in [0.05, 0.1) is 21.2 Å². The van der Waals surface area contributed by atoms with E-state index in [-0.39, 0.29) is 24.0 Å². The van der Waals surface area contributed by atoms with Gasteiger partial charge in [0.2, 0.25) is 10.0 Å². The van der Waals surface area contributed by atoms with Crippen molar-refractivity contribution in [3.8, 4) is 6.07 Å². The highest BCUT2D eigenvalue weighted by Crippen LogP contribution is 2.28. The maximum Gasteiger partial charge on any atom is 0.410 e. The zero-order valence-electron chi connectivity index (χ0n) is 22.6. The van der Waals surface area contributed by atoms with Gasteiger partial charge in [-0.1, -0.05) is 17.4 Å². The normalized spacial score (nSPS) is 14.6. The summed E-state index contributed by atoms with van der Waals surface area (Å²) in [5.74, 6) is -0.400. The standard InChI is InChI=1S/C27H32N6O5S2/c1-27(2,3)38-26(35)33-15-13-32(14-16-33)18-19-5-10-22-23(17-19)39-25(30-22)31-24(34)20-6-8-21(9-7-20)40(36,37)29-12-4-11-28/h5-10,17,29H,4,12-16,18H2,1-3H3,(H,30,31,34). The summed E-state index contributed by atoms with van der Waals surface area (Å²) in [4.78, 5) is 33.6. The van der Waals surface area contributed by atoms with Crippen molar-refractivity contribution < 1.29 is 22.7 Å². The molecule has 0 radical (unpaired) electrons. The Kier molecular flexibility index (Phi) is 9.05. The summed E-state index contributed by atoms with van der Waals surface area (Å²) < 4.78 is 33.3. The van der Waals surface area contributed by atoms with E-state index in [0.29, 0.717) is 23.8 Å². The number of nitrogens with one attached hydrogen (secondary N) is 2. The van der Waals surface area contributed by atoms with Gasteiger partial charge in [-0.05, 0) is 62.7 Å².